The molecule has 1 N–H and O–H groups in total. The molecule has 0 saturated heterocycles. The highest BCUT2D eigenvalue weighted by Gasteiger charge is 2.21. The molecule has 2 heterocycles. The maximum atomic E-state index is 12.0. The molecule has 0 unspecified atom stereocenters. The molecule has 9 heteroatoms. The number of nitrogens with one attached hydrogen (secondary N) is 1. The summed E-state index contributed by atoms with van der Waals surface area (Å²) in [6.07, 6.45) is 4.04. The zero-order valence-electron chi connectivity index (χ0n) is 8.58. The highest BCUT2D eigenvalue weighted by Crippen LogP contribution is 2.27. The van der Waals surface area contributed by atoms with Crippen LogP contribution < -0.4 is 4.72 Å². The zero-order chi connectivity index (χ0) is 12.5. The Balaban J connectivity index is 2.35. The summed E-state index contributed by atoms with van der Waals surface area (Å²) in [5.74, 6) is 0. The van der Waals surface area contributed by atoms with Gasteiger partial charge in [0.25, 0.3) is 10.0 Å². The Kier molecular flexibility index (Phi) is 3.27. The molecule has 6 nitrogen and oxygen atoms in total. The van der Waals surface area contributed by atoms with Gasteiger partial charge in [0, 0.05) is 0 Å². The Hall–Kier alpha value is -1.25. The standard InChI is InChI=1S/C8H7ClN4O2S2/c1-5-7(16-8(9)12-5)17(14,15)13-6-2-10-4-11-3-6/h2-4,13H,1H3. The summed E-state index contributed by atoms with van der Waals surface area (Å²) in [5.41, 5.74) is 0.653. The van der Waals surface area contributed by atoms with Crippen molar-refractivity contribution in [2.75, 3.05) is 4.72 Å². The first-order valence-electron chi connectivity index (χ1n) is 4.40. The van der Waals surface area contributed by atoms with Gasteiger partial charge in [0.15, 0.2) is 8.68 Å². The SMILES string of the molecule is Cc1nc(Cl)sc1S(=O)(=O)Nc1cncnc1. The second kappa shape index (κ2) is 4.55. The third-order valence-electron chi connectivity index (χ3n) is 1.78. The number of rotatable bonds is 3. The minimum Gasteiger partial charge on any atom is -0.276 e. The van der Waals surface area contributed by atoms with E-state index >= 15 is 0 Å². The summed E-state index contributed by atoms with van der Waals surface area (Å²) in [6.45, 7) is 1.58. The van der Waals surface area contributed by atoms with Gasteiger partial charge in [0.05, 0.1) is 23.8 Å². The van der Waals surface area contributed by atoms with Gasteiger partial charge >= 0.3 is 0 Å². The van der Waals surface area contributed by atoms with E-state index in [0.717, 1.165) is 11.3 Å². The Morgan fingerprint density at radius 3 is 2.53 bits per heavy atom. The molecule has 0 aliphatic carbocycles. The number of halogens is 1. The second-order valence-electron chi connectivity index (χ2n) is 3.07. The molecule has 0 saturated carbocycles. The first kappa shape index (κ1) is 12.2. The molecule has 2 rings (SSSR count). The van der Waals surface area contributed by atoms with Crippen LogP contribution in [-0.4, -0.2) is 23.4 Å². The van der Waals surface area contributed by atoms with Crippen molar-refractivity contribution in [2.24, 2.45) is 0 Å². The second-order valence-corrected chi connectivity index (χ2v) is 6.53. The number of aryl methyl sites for hydroxylation is 1. The van der Waals surface area contributed by atoms with E-state index in [9.17, 15) is 8.42 Å². The van der Waals surface area contributed by atoms with Crippen molar-refractivity contribution in [2.45, 2.75) is 11.1 Å². The van der Waals surface area contributed by atoms with E-state index in [4.69, 9.17) is 11.6 Å². The first-order valence-corrected chi connectivity index (χ1v) is 7.07. The molecule has 0 radical (unpaired) electrons. The van der Waals surface area contributed by atoms with Crippen LogP contribution in [0.15, 0.2) is 22.9 Å². The quantitative estimate of drug-likeness (QED) is 0.930. The molecule has 0 aliphatic rings. The van der Waals surface area contributed by atoms with Crippen molar-refractivity contribution < 1.29 is 8.42 Å². The van der Waals surface area contributed by atoms with Gasteiger partial charge < -0.3 is 0 Å². The third-order valence-corrected chi connectivity index (χ3v) is 5.04. The van der Waals surface area contributed by atoms with Gasteiger partial charge in [-0.1, -0.05) is 22.9 Å². The number of sulfonamides is 1. The molecular weight excluding hydrogens is 284 g/mol. The minimum absolute atomic E-state index is 0.0892. The van der Waals surface area contributed by atoms with E-state index in [1.165, 1.54) is 18.7 Å². The molecule has 0 fully saturated rings. The van der Waals surface area contributed by atoms with Crippen molar-refractivity contribution in [1.29, 1.82) is 0 Å². The smallest absolute Gasteiger partial charge is 0.273 e. The fourth-order valence-electron chi connectivity index (χ4n) is 1.15. The topological polar surface area (TPSA) is 84.8 Å². The molecule has 90 valence electrons. The van der Waals surface area contributed by atoms with Crippen LogP contribution in [0.4, 0.5) is 5.69 Å². The summed E-state index contributed by atoms with van der Waals surface area (Å²) in [7, 11) is -3.68. The molecule has 0 aliphatic heterocycles. The van der Waals surface area contributed by atoms with Gasteiger partial charge in [0.1, 0.15) is 6.33 Å². The Morgan fingerprint density at radius 1 is 1.35 bits per heavy atom. The number of nitrogens with zero attached hydrogens (tertiary/aromatic N) is 3. The fourth-order valence-corrected chi connectivity index (χ4v) is 3.92. The lowest BCUT2D eigenvalue weighted by Gasteiger charge is -2.04. The molecule has 0 amide bonds. The molecule has 0 spiro atoms. The average Bonchev–Trinajstić information content (AvgIpc) is 2.59. The number of thiazole rings is 1. The molecule has 2 aromatic heterocycles. The van der Waals surface area contributed by atoms with Crippen LogP contribution in [0.3, 0.4) is 0 Å². The van der Waals surface area contributed by atoms with Crippen molar-refractivity contribution in [3.63, 3.8) is 0 Å². The molecule has 0 atom stereocenters. The fraction of sp³-hybridized carbons (Fsp3) is 0.125. The highest BCUT2D eigenvalue weighted by molar-refractivity contribution is 7.94. The van der Waals surface area contributed by atoms with Crippen LogP contribution in [0.5, 0.6) is 0 Å². The lowest BCUT2D eigenvalue weighted by Crippen LogP contribution is -2.12. The average molecular weight is 291 g/mol. The van der Waals surface area contributed by atoms with E-state index < -0.39 is 10.0 Å². The van der Waals surface area contributed by atoms with Crippen LogP contribution in [0.2, 0.25) is 4.47 Å². The number of hydrogen-bond acceptors (Lipinski definition) is 6. The zero-order valence-corrected chi connectivity index (χ0v) is 11.0. The first-order chi connectivity index (χ1) is 7.99. The van der Waals surface area contributed by atoms with Gasteiger partial charge in [-0.3, -0.25) is 4.72 Å². The van der Waals surface area contributed by atoms with Crippen LogP contribution in [0.1, 0.15) is 5.69 Å². The number of aromatic nitrogens is 3. The Labute approximate surface area is 107 Å². The normalized spacial score (nSPS) is 11.4. The van der Waals surface area contributed by atoms with E-state index in [1.807, 2.05) is 0 Å². The highest BCUT2D eigenvalue weighted by atomic mass is 35.5. The van der Waals surface area contributed by atoms with Gasteiger partial charge in [-0.25, -0.2) is 23.4 Å². The Morgan fingerprint density at radius 2 is 2.00 bits per heavy atom. The molecule has 2 aromatic rings. The lowest BCUT2D eigenvalue weighted by molar-refractivity contribution is 0.602. The molecule has 0 aromatic carbocycles. The molecule has 17 heavy (non-hydrogen) atoms. The van der Waals surface area contributed by atoms with Gasteiger partial charge in [-0.05, 0) is 6.92 Å². The number of hydrogen-bond donors (Lipinski definition) is 1. The summed E-state index contributed by atoms with van der Waals surface area (Å²) >= 11 is 6.57. The van der Waals surface area contributed by atoms with E-state index in [0.29, 0.717) is 5.69 Å². The van der Waals surface area contributed by atoms with Crippen molar-refractivity contribution in [1.82, 2.24) is 15.0 Å². The summed E-state index contributed by atoms with van der Waals surface area (Å²) in [5, 5.41) is 0. The predicted molar refractivity (Wildman–Crippen MR) is 64.7 cm³/mol. The van der Waals surface area contributed by atoms with Crippen molar-refractivity contribution >= 4 is 38.6 Å². The van der Waals surface area contributed by atoms with E-state index in [1.54, 1.807) is 6.92 Å². The van der Waals surface area contributed by atoms with Gasteiger partial charge in [0.2, 0.25) is 0 Å². The van der Waals surface area contributed by atoms with Crippen LogP contribution in [0, 0.1) is 6.92 Å². The van der Waals surface area contributed by atoms with Crippen LogP contribution in [0.25, 0.3) is 0 Å². The summed E-state index contributed by atoms with van der Waals surface area (Å²) in [4.78, 5) is 11.3. The largest absolute Gasteiger partial charge is 0.276 e. The van der Waals surface area contributed by atoms with Crippen molar-refractivity contribution in [3.8, 4) is 0 Å². The predicted octanol–water partition coefficient (Wildman–Crippen LogP) is 1.70. The van der Waals surface area contributed by atoms with E-state index in [2.05, 4.69) is 19.7 Å². The van der Waals surface area contributed by atoms with Crippen LogP contribution >= 0.6 is 22.9 Å². The summed E-state index contributed by atoms with van der Waals surface area (Å²) in [6, 6.07) is 0. The van der Waals surface area contributed by atoms with Crippen molar-refractivity contribution in [3.05, 3.63) is 28.9 Å². The maximum Gasteiger partial charge on any atom is 0.273 e. The Bertz CT molecular complexity index is 626. The number of anilines is 1. The van der Waals surface area contributed by atoms with Crippen LogP contribution in [-0.2, 0) is 10.0 Å². The van der Waals surface area contributed by atoms with Gasteiger partial charge in [-0.2, -0.15) is 0 Å². The maximum absolute atomic E-state index is 12.0. The van der Waals surface area contributed by atoms with E-state index in [-0.39, 0.29) is 14.4 Å². The molecule has 0 bridgehead atoms. The lowest BCUT2D eigenvalue weighted by atomic mass is 10.6. The molecular formula is C8H7ClN4O2S2. The monoisotopic (exact) mass is 290 g/mol. The third kappa shape index (κ3) is 2.71. The minimum atomic E-state index is -3.68. The van der Waals surface area contributed by atoms with Gasteiger partial charge in [-0.15, -0.1) is 0 Å². The summed E-state index contributed by atoms with van der Waals surface area (Å²) < 4.78 is 26.6.